The molecule has 0 aliphatic heterocycles. The van der Waals surface area contributed by atoms with Crippen LogP contribution >= 0.6 is 0 Å². The van der Waals surface area contributed by atoms with Crippen LogP contribution in [0.3, 0.4) is 0 Å². The topological polar surface area (TPSA) is 62.7 Å². The number of amides is 1. The summed E-state index contributed by atoms with van der Waals surface area (Å²) in [4.78, 5) is 15.4. The normalized spacial score (nSPS) is 11.0. The monoisotopic (exact) mass is 282 g/mol. The number of aromatic amines is 1. The molecular formula is C16H18N4O. The number of hydrogen-bond donors (Lipinski definition) is 2. The second-order valence-electron chi connectivity index (χ2n) is 5.18. The summed E-state index contributed by atoms with van der Waals surface area (Å²) in [5.74, 6) is -0.0887. The largest absolute Gasteiger partial charge is 0.358 e. The van der Waals surface area contributed by atoms with E-state index >= 15 is 0 Å². The van der Waals surface area contributed by atoms with Gasteiger partial charge in [0.15, 0.2) is 0 Å². The summed E-state index contributed by atoms with van der Waals surface area (Å²) in [5.41, 5.74) is 3.68. The average Bonchev–Trinajstić information content (AvgIpc) is 3.01. The van der Waals surface area contributed by atoms with E-state index < -0.39 is 0 Å². The Kier molecular flexibility index (Phi) is 3.48. The highest BCUT2D eigenvalue weighted by Gasteiger charge is 2.11. The van der Waals surface area contributed by atoms with Crippen molar-refractivity contribution in [3.8, 4) is 0 Å². The van der Waals surface area contributed by atoms with Crippen LogP contribution in [-0.4, -0.2) is 27.2 Å². The molecule has 1 aromatic carbocycles. The summed E-state index contributed by atoms with van der Waals surface area (Å²) in [6, 6.07) is 12.1. The van der Waals surface area contributed by atoms with Gasteiger partial charge in [-0.05, 0) is 30.5 Å². The van der Waals surface area contributed by atoms with Crippen LogP contribution in [0.25, 0.3) is 10.9 Å². The highest BCUT2D eigenvalue weighted by molar-refractivity contribution is 5.92. The zero-order chi connectivity index (χ0) is 14.8. The molecular weight excluding hydrogens is 264 g/mol. The van der Waals surface area contributed by atoms with E-state index in [0.717, 1.165) is 23.3 Å². The van der Waals surface area contributed by atoms with Gasteiger partial charge in [0.25, 0.3) is 5.91 Å². The number of aromatic nitrogens is 3. The molecule has 2 heterocycles. The van der Waals surface area contributed by atoms with Crippen LogP contribution in [0, 0.1) is 6.92 Å². The van der Waals surface area contributed by atoms with E-state index in [9.17, 15) is 4.79 Å². The number of carbonyl (C=O) groups excluding carboxylic acids is 1. The zero-order valence-electron chi connectivity index (χ0n) is 12.2. The Labute approximate surface area is 123 Å². The van der Waals surface area contributed by atoms with Gasteiger partial charge in [0, 0.05) is 31.2 Å². The maximum atomic E-state index is 12.1. The van der Waals surface area contributed by atoms with Crippen LogP contribution < -0.4 is 5.32 Å². The van der Waals surface area contributed by atoms with Crippen molar-refractivity contribution >= 4 is 16.8 Å². The summed E-state index contributed by atoms with van der Waals surface area (Å²) < 4.78 is 1.60. The summed E-state index contributed by atoms with van der Waals surface area (Å²) in [6.07, 6.45) is 0.775. The smallest absolute Gasteiger partial charge is 0.269 e. The van der Waals surface area contributed by atoms with Gasteiger partial charge in [-0.15, -0.1) is 0 Å². The van der Waals surface area contributed by atoms with Crippen molar-refractivity contribution < 1.29 is 4.79 Å². The standard InChI is InChI=1S/C16H18N4O/c1-11-9-15(20(2)19-11)16(21)17-8-7-13-10-12-5-3-4-6-14(12)18-13/h3-6,9-10,18H,7-8H2,1-2H3,(H,17,21). The molecule has 3 aromatic rings. The van der Waals surface area contributed by atoms with E-state index in [1.165, 1.54) is 5.39 Å². The first-order valence-electron chi connectivity index (χ1n) is 6.99. The van der Waals surface area contributed by atoms with Gasteiger partial charge in [-0.1, -0.05) is 18.2 Å². The lowest BCUT2D eigenvalue weighted by molar-refractivity contribution is 0.0944. The van der Waals surface area contributed by atoms with Crippen molar-refractivity contribution in [1.29, 1.82) is 0 Å². The maximum absolute atomic E-state index is 12.1. The molecule has 0 fully saturated rings. The van der Waals surface area contributed by atoms with Crippen LogP contribution in [0.2, 0.25) is 0 Å². The Morgan fingerprint density at radius 2 is 2.14 bits per heavy atom. The highest BCUT2D eigenvalue weighted by atomic mass is 16.2. The van der Waals surface area contributed by atoms with Crippen LogP contribution in [0.15, 0.2) is 36.4 Å². The molecule has 1 amide bonds. The van der Waals surface area contributed by atoms with Gasteiger partial charge < -0.3 is 10.3 Å². The molecule has 0 aliphatic carbocycles. The second-order valence-corrected chi connectivity index (χ2v) is 5.18. The molecule has 108 valence electrons. The molecule has 0 unspecified atom stereocenters. The third-order valence-corrected chi connectivity index (χ3v) is 3.50. The maximum Gasteiger partial charge on any atom is 0.269 e. The van der Waals surface area contributed by atoms with E-state index in [1.807, 2.05) is 19.1 Å². The molecule has 0 bridgehead atoms. The summed E-state index contributed by atoms with van der Waals surface area (Å²) in [7, 11) is 1.78. The molecule has 0 saturated heterocycles. The number of nitrogens with one attached hydrogen (secondary N) is 2. The van der Waals surface area contributed by atoms with Crippen molar-refractivity contribution in [3.63, 3.8) is 0 Å². The minimum atomic E-state index is -0.0887. The van der Waals surface area contributed by atoms with E-state index in [0.29, 0.717) is 12.2 Å². The van der Waals surface area contributed by atoms with E-state index in [1.54, 1.807) is 17.8 Å². The number of rotatable bonds is 4. The number of nitrogens with zero attached hydrogens (tertiary/aromatic N) is 2. The fraction of sp³-hybridized carbons (Fsp3) is 0.250. The van der Waals surface area contributed by atoms with Gasteiger partial charge in [-0.3, -0.25) is 9.48 Å². The Morgan fingerprint density at radius 3 is 2.86 bits per heavy atom. The van der Waals surface area contributed by atoms with Gasteiger partial charge in [-0.2, -0.15) is 5.10 Å². The van der Waals surface area contributed by atoms with Crippen molar-refractivity contribution in [2.24, 2.45) is 7.05 Å². The minimum absolute atomic E-state index is 0.0887. The molecule has 5 heteroatoms. The molecule has 0 aliphatic rings. The van der Waals surface area contributed by atoms with E-state index in [2.05, 4.69) is 33.6 Å². The summed E-state index contributed by atoms with van der Waals surface area (Å²) >= 11 is 0. The average molecular weight is 282 g/mol. The molecule has 5 nitrogen and oxygen atoms in total. The second kappa shape index (κ2) is 5.44. The minimum Gasteiger partial charge on any atom is -0.358 e. The first-order chi connectivity index (χ1) is 10.1. The van der Waals surface area contributed by atoms with Crippen molar-refractivity contribution in [2.75, 3.05) is 6.54 Å². The Morgan fingerprint density at radius 1 is 1.33 bits per heavy atom. The van der Waals surface area contributed by atoms with E-state index in [-0.39, 0.29) is 5.91 Å². The van der Waals surface area contributed by atoms with Gasteiger partial charge in [0.2, 0.25) is 0 Å². The van der Waals surface area contributed by atoms with Crippen LogP contribution in [0.5, 0.6) is 0 Å². The molecule has 2 N–H and O–H groups in total. The number of fused-ring (bicyclic) bond motifs is 1. The van der Waals surface area contributed by atoms with Gasteiger partial charge in [0.1, 0.15) is 5.69 Å². The van der Waals surface area contributed by atoms with E-state index in [4.69, 9.17) is 0 Å². The number of benzene rings is 1. The zero-order valence-corrected chi connectivity index (χ0v) is 12.2. The first kappa shape index (κ1) is 13.4. The number of H-pyrrole nitrogens is 1. The molecule has 21 heavy (non-hydrogen) atoms. The third-order valence-electron chi connectivity index (χ3n) is 3.50. The SMILES string of the molecule is Cc1cc(C(=O)NCCc2cc3ccccc3[nH]2)n(C)n1. The van der Waals surface area contributed by atoms with Crippen LogP contribution in [0.1, 0.15) is 21.9 Å². The first-order valence-corrected chi connectivity index (χ1v) is 6.99. The Balaban J connectivity index is 1.60. The van der Waals surface area contributed by atoms with Gasteiger partial charge >= 0.3 is 0 Å². The van der Waals surface area contributed by atoms with Gasteiger partial charge in [-0.25, -0.2) is 0 Å². The quantitative estimate of drug-likeness (QED) is 0.770. The fourth-order valence-corrected chi connectivity index (χ4v) is 2.49. The number of aryl methyl sites for hydroxylation is 2. The predicted molar refractivity (Wildman–Crippen MR) is 82.3 cm³/mol. The molecule has 0 saturated carbocycles. The summed E-state index contributed by atoms with van der Waals surface area (Å²) in [6.45, 7) is 2.47. The number of para-hydroxylation sites is 1. The lowest BCUT2D eigenvalue weighted by Gasteiger charge is -2.04. The van der Waals surface area contributed by atoms with Crippen molar-refractivity contribution in [2.45, 2.75) is 13.3 Å². The lowest BCUT2D eigenvalue weighted by atomic mass is 10.2. The summed E-state index contributed by atoms with van der Waals surface area (Å²) in [5, 5.41) is 8.30. The third kappa shape index (κ3) is 2.81. The number of carbonyl (C=O) groups is 1. The number of hydrogen-bond acceptors (Lipinski definition) is 2. The Hall–Kier alpha value is -2.56. The molecule has 0 spiro atoms. The molecule has 0 atom stereocenters. The lowest BCUT2D eigenvalue weighted by Crippen LogP contribution is -2.27. The molecule has 3 rings (SSSR count). The van der Waals surface area contributed by atoms with Gasteiger partial charge in [0.05, 0.1) is 5.69 Å². The van der Waals surface area contributed by atoms with Crippen molar-refractivity contribution in [1.82, 2.24) is 20.1 Å². The molecule has 2 aromatic heterocycles. The Bertz CT molecular complexity index is 752. The predicted octanol–water partition coefficient (Wildman–Crippen LogP) is 2.18. The highest BCUT2D eigenvalue weighted by Crippen LogP contribution is 2.14. The molecule has 0 radical (unpaired) electrons. The fourth-order valence-electron chi connectivity index (χ4n) is 2.49. The van der Waals surface area contributed by atoms with Crippen molar-refractivity contribution in [3.05, 3.63) is 53.5 Å². The van der Waals surface area contributed by atoms with Crippen LogP contribution in [-0.2, 0) is 13.5 Å². The van der Waals surface area contributed by atoms with Crippen LogP contribution in [0.4, 0.5) is 0 Å².